The third kappa shape index (κ3) is 2.75. The molecule has 0 bridgehead atoms. The van der Waals surface area contributed by atoms with Gasteiger partial charge >= 0.3 is 0 Å². The third-order valence-electron chi connectivity index (χ3n) is 2.63. The van der Waals surface area contributed by atoms with Gasteiger partial charge in [-0.3, -0.25) is 0 Å². The number of benzene rings is 1. The smallest absolute Gasteiger partial charge is 0.125 e. The molecule has 0 spiro atoms. The molecule has 0 radical (unpaired) electrons. The lowest BCUT2D eigenvalue weighted by atomic mass is 10.3. The first-order valence-electron chi connectivity index (χ1n) is 5.46. The lowest BCUT2D eigenvalue weighted by molar-refractivity contribution is 0.628. The topological polar surface area (TPSA) is 17.8 Å². The molecule has 0 saturated carbocycles. The maximum atomic E-state index is 13.3. The van der Waals surface area contributed by atoms with Crippen molar-refractivity contribution in [3.05, 3.63) is 29.8 Å². The molecule has 0 aliphatic rings. The first-order chi connectivity index (χ1) is 8.26. The Kier molecular flexibility index (Phi) is 4.29. The molecule has 92 valence electrons. The van der Waals surface area contributed by atoms with Crippen LogP contribution in [-0.2, 0) is 13.0 Å². The van der Waals surface area contributed by atoms with E-state index in [0.717, 1.165) is 29.2 Å². The highest BCUT2D eigenvalue weighted by Crippen LogP contribution is 2.19. The third-order valence-corrected chi connectivity index (χ3v) is 3.41. The monoisotopic (exact) mass is 272 g/mol. The Hall–Kier alpha value is -0.740. The van der Waals surface area contributed by atoms with E-state index in [4.69, 9.17) is 11.6 Å². The van der Waals surface area contributed by atoms with E-state index in [0.29, 0.717) is 12.3 Å². The minimum atomic E-state index is -0.222. The van der Waals surface area contributed by atoms with Crippen LogP contribution in [0.2, 0.25) is 0 Å². The quantitative estimate of drug-likeness (QED) is 0.777. The van der Waals surface area contributed by atoms with Crippen LogP contribution in [-0.4, -0.2) is 27.4 Å². The average molecular weight is 273 g/mol. The van der Waals surface area contributed by atoms with Crippen LogP contribution in [0, 0.1) is 5.82 Å². The van der Waals surface area contributed by atoms with Crippen molar-refractivity contribution in [2.45, 2.75) is 13.0 Å². The lowest BCUT2D eigenvalue weighted by Crippen LogP contribution is -2.06. The molecule has 17 heavy (non-hydrogen) atoms. The number of rotatable bonds is 5. The molecule has 0 atom stereocenters. The molecule has 2 nitrogen and oxygen atoms in total. The number of imidazole rings is 1. The molecule has 0 unspecified atom stereocenters. The molecule has 2 rings (SSSR count). The number of aryl methyl sites for hydroxylation is 2. The zero-order valence-electron chi connectivity index (χ0n) is 9.62. The van der Waals surface area contributed by atoms with Crippen LogP contribution in [0.15, 0.2) is 18.2 Å². The average Bonchev–Trinajstić information content (AvgIpc) is 2.64. The van der Waals surface area contributed by atoms with Crippen LogP contribution in [0.1, 0.15) is 5.82 Å². The molecule has 5 heteroatoms. The van der Waals surface area contributed by atoms with E-state index in [1.54, 1.807) is 23.9 Å². The summed E-state index contributed by atoms with van der Waals surface area (Å²) in [5.41, 5.74) is 1.70. The van der Waals surface area contributed by atoms with E-state index in [1.165, 1.54) is 6.07 Å². The van der Waals surface area contributed by atoms with Gasteiger partial charge < -0.3 is 4.57 Å². The van der Waals surface area contributed by atoms with Gasteiger partial charge in [-0.15, -0.1) is 11.6 Å². The molecule has 0 aliphatic heterocycles. The number of thioether (sulfide) groups is 1. The lowest BCUT2D eigenvalue weighted by Gasteiger charge is -2.07. The highest BCUT2D eigenvalue weighted by Gasteiger charge is 2.10. The van der Waals surface area contributed by atoms with Gasteiger partial charge in [0.1, 0.15) is 11.6 Å². The summed E-state index contributed by atoms with van der Waals surface area (Å²) in [7, 11) is 0. The van der Waals surface area contributed by atoms with Gasteiger partial charge in [0.25, 0.3) is 0 Å². The van der Waals surface area contributed by atoms with Crippen LogP contribution in [0.3, 0.4) is 0 Å². The molecule has 1 heterocycles. The van der Waals surface area contributed by atoms with Crippen molar-refractivity contribution in [1.82, 2.24) is 9.55 Å². The predicted molar refractivity (Wildman–Crippen MR) is 72.5 cm³/mol. The molecule has 2 aromatic rings. The standard InChI is InChI=1S/C12H14ClFN2S/c1-17-7-6-16-11-8-9(14)2-3-10(11)15-12(16)4-5-13/h2-3,8H,4-7H2,1H3. The normalized spacial score (nSPS) is 11.2. The Morgan fingerprint density at radius 3 is 3.00 bits per heavy atom. The van der Waals surface area contributed by atoms with E-state index in [2.05, 4.69) is 15.8 Å². The second kappa shape index (κ2) is 5.74. The first kappa shape index (κ1) is 12.7. The Bertz CT molecular complexity index is 512. The number of nitrogens with zero attached hydrogens (tertiary/aromatic N) is 2. The molecule has 0 saturated heterocycles. The van der Waals surface area contributed by atoms with Crippen molar-refractivity contribution in [3.8, 4) is 0 Å². The largest absolute Gasteiger partial charge is 0.327 e. The maximum Gasteiger partial charge on any atom is 0.125 e. The summed E-state index contributed by atoms with van der Waals surface area (Å²) in [6, 6.07) is 4.71. The summed E-state index contributed by atoms with van der Waals surface area (Å²) < 4.78 is 15.3. The van der Waals surface area contributed by atoms with Crippen molar-refractivity contribution in [2.24, 2.45) is 0 Å². The van der Waals surface area contributed by atoms with Gasteiger partial charge in [0, 0.05) is 24.6 Å². The minimum Gasteiger partial charge on any atom is -0.327 e. The zero-order valence-corrected chi connectivity index (χ0v) is 11.2. The summed E-state index contributed by atoms with van der Waals surface area (Å²) in [6.45, 7) is 0.841. The summed E-state index contributed by atoms with van der Waals surface area (Å²) in [6.07, 6.45) is 2.77. The van der Waals surface area contributed by atoms with Crippen LogP contribution in [0.25, 0.3) is 11.0 Å². The second-order valence-electron chi connectivity index (χ2n) is 3.74. The van der Waals surface area contributed by atoms with E-state index in [-0.39, 0.29) is 5.82 Å². The van der Waals surface area contributed by atoms with Gasteiger partial charge in [-0.1, -0.05) is 0 Å². The number of halogens is 2. The summed E-state index contributed by atoms with van der Waals surface area (Å²) >= 11 is 7.53. The second-order valence-corrected chi connectivity index (χ2v) is 5.11. The van der Waals surface area contributed by atoms with Gasteiger partial charge in [0.15, 0.2) is 0 Å². The number of hydrogen-bond donors (Lipinski definition) is 0. The Balaban J connectivity index is 2.47. The summed E-state index contributed by atoms with van der Waals surface area (Å²) in [5, 5.41) is 0. The predicted octanol–water partition coefficient (Wildman–Crippen LogP) is 3.32. The van der Waals surface area contributed by atoms with Crippen molar-refractivity contribution in [3.63, 3.8) is 0 Å². The van der Waals surface area contributed by atoms with Gasteiger partial charge in [0.05, 0.1) is 11.0 Å². The number of alkyl halides is 1. The van der Waals surface area contributed by atoms with Crippen molar-refractivity contribution in [1.29, 1.82) is 0 Å². The molecule has 0 fully saturated rings. The number of aromatic nitrogens is 2. The van der Waals surface area contributed by atoms with Crippen molar-refractivity contribution in [2.75, 3.05) is 17.9 Å². The molecule has 1 aromatic heterocycles. The molecule has 0 aliphatic carbocycles. The van der Waals surface area contributed by atoms with E-state index in [9.17, 15) is 4.39 Å². The van der Waals surface area contributed by atoms with Crippen LogP contribution in [0.4, 0.5) is 4.39 Å². The van der Waals surface area contributed by atoms with Gasteiger partial charge in [-0.25, -0.2) is 9.37 Å². The van der Waals surface area contributed by atoms with Crippen LogP contribution < -0.4 is 0 Å². The van der Waals surface area contributed by atoms with Gasteiger partial charge in [-0.2, -0.15) is 11.8 Å². The maximum absolute atomic E-state index is 13.3. The molecule has 0 N–H and O–H groups in total. The van der Waals surface area contributed by atoms with E-state index < -0.39 is 0 Å². The fourth-order valence-electron chi connectivity index (χ4n) is 1.85. The molecule has 0 amide bonds. The minimum absolute atomic E-state index is 0.222. The van der Waals surface area contributed by atoms with E-state index in [1.807, 2.05) is 0 Å². The van der Waals surface area contributed by atoms with Crippen LogP contribution >= 0.6 is 23.4 Å². The van der Waals surface area contributed by atoms with Gasteiger partial charge in [0.2, 0.25) is 0 Å². The number of hydrogen-bond acceptors (Lipinski definition) is 2. The fraction of sp³-hybridized carbons (Fsp3) is 0.417. The SMILES string of the molecule is CSCCn1c(CCCl)nc2ccc(F)cc21. The van der Waals surface area contributed by atoms with E-state index >= 15 is 0 Å². The Labute approximate surface area is 109 Å². The molecular formula is C12H14ClFN2S. The van der Waals surface area contributed by atoms with Crippen LogP contribution in [0.5, 0.6) is 0 Å². The van der Waals surface area contributed by atoms with Gasteiger partial charge in [-0.05, 0) is 24.5 Å². The molecule has 1 aromatic carbocycles. The van der Waals surface area contributed by atoms with Crippen molar-refractivity contribution < 1.29 is 4.39 Å². The Morgan fingerprint density at radius 2 is 2.29 bits per heavy atom. The fourth-order valence-corrected chi connectivity index (χ4v) is 2.39. The van der Waals surface area contributed by atoms with Crippen molar-refractivity contribution >= 4 is 34.4 Å². The Morgan fingerprint density at radius 1 is 1.47 bits per heavy atom. The first-order valence-corrected chi connectivity index (χ1v) is 7.38. The highest BCUT2D eigenvalue weighted by atomic mass is 35.5. The summed E-state index contributed by atoms with van der Waals surface area (Å²) in [4.78, 5) is 4.50. The summed E-state index contributed by atoms with van der Waals surface area (Å²) in [5.74, 6) is 2.23. The highest BCUT2D eigenvalue weighted by molar-refractivity contribution is 7.98. The molecular weight excluding hydrogens is 259 g/mol. The number of fused-ring (bicyclic) bond motifs is 1. The zero-order chi connectivity index (χ0) is 12.3.